The van der Waals surface area contributed by atoms with Crippen molar-refractivity contribution in [2.24, 2.45) is 0 Å². The summed E-state index contributed by atoms with van der Waals surface area (Å²) >= 11 is 1.21. The minimum Gasteiger partial charge on any atom is -0.495 e. The molecule has 0 unspecified atom stereocenters. The second kappa shape index (κ2) is 9.71. The van der Waals surface area contributed by atoms with Gasteiger partial charge in [0.1, 0.15) is 5.75 Å². The molecule has 5 rings (SSSR count). The van der Waals surface area contributed by atoms with Crippen molar-refractivity contribution in [3.63, 3.8) is 0 Å². The van der Waals surface area contributed by atoms with E-state index in [9.17, 15) is 9.59 Å². The molecule has 9 heteroatoms. The van der Waals surface area contributed by atoms with Crippen molar-refractivity contribution >= 4 is 34.3 Å². The molecule has 0 saturated carbocycles. The molecule has 8 nitrogen and oxygen atoms in total. The number of thioether (sulfide) groups is 1. The van der Waals surface area contributed by atoms with Crippen molar-refractivity contribution in [3.05, 3.63) is 82.1 Å². The average molecular weight is 490 g/mol. The molecule has 2 heterocycles. The van der Waals surface area contributed by atoms with Crippen molar-refractivity contribution < 1.29 is 19.0 Å². The molecule has 35 heavy (non-hydrogen) atoms. The Morgan fingerprint density at radius 2 is 1.94 bits per heavy atom. The molecule has 0 atom stereocenters. The maximum Gasteiger partial charge on any atom is 0.262 e. The number of aromatic nitrogens is 2. The molecule has 1 aliphatic heterocycles. The Morgan fingerprint density at radius 1 is 1.11 bits per heavy atom. The largest absolute Gasteiger partial charge is 0.495 e. The molecule has 0 spiro atoms. The van der Waals surface area contributed by atoms with Gasteiger partial charge >= 0.3 is 0 Å². The van der Waals surface area contributed by atoms with E-state index in [0.717, 1.165) is 11.1 Å². The van der Waals surface area contributed by atoms with E-state index in [1.165, 1.54) is 11.8 Å². The van der Waals surface area contributed by atoms with Gasteiger partial charge in [-0.05, 0) is 54.4 Å². The number of benzene rings is 3. The lowest BCUT2D eigenvalue weighted by atomic mass is 10.2. The highest BCUT2D eigenvalue weighted by Gasteiger charge is 2.17. The normalized spacial score (nSPS) is 12.1. The lowest BCUT2D eigenvalue weighted by Gasteiger charge is -2.14. The van der Waals surface area contributed by atoms with Gasteiger partial charge in [0.25, 0.3) is 5.56 Å². The Kier molecular flexibility index (Phi) is 6.33. The summed E-state index contributed by atoms with van der Waals surface area (Å²) in [6.07, 6.45) is 0. The summed E-state index contributed by atoms with van der Waals surface area (Å²) in [7, 11) is 1.56. The lowest BCUT2D eigenvalue weighted by Crippen LogP contribution is -2.25. The first-order valence-electron chi connectivity index (χ1n) is 11.0. The van der Waals surface area contributed by atoms with Crippen LogP contribution in [0.15, 0.2) is 70.6 Å². The molecule has 1 N–H and O–H groups in total. The van der Waals surface area contributed by atoms with Crippen LogP contribution >= 0.6 is 11.8 Å². The standard InChI is InChI=1S/C26H23N3O5S/c1-16-7-9-21(32-2)20(11-16)27-24(30)14-35-26-28-19-6-4-3-5-18(19)25(31)29(26)13-17-8-10-22-23(12-17)34-15-33-22/h3-12H,13-15H2,1-2H3,(H,27,30). The predicted molar refractivity (Wildman–Crippen MR) is 135 cm³/mol. The molecule has 3 aromatic carbocycles. The van der Waals surface area contributed by atoms with Crippen LogP contribution in [0.3, 0.4) is 0 Å². The molecule has 0 saturated heterocycles. The van der Waals surface area contributed by atoms with Gasteiger partial charge in [0.2, 0.25) is 12.7 Å². The minimum atomic E-state index is -0.226. The van der Waals surface area contributed by atoms with Gasteiger partial charge in [0.15, 0.2) is 16.7 Å². The van der Waals surface area contributed by atoms with Crippen LogP contribution in [-0.4, -0.2) is 35.1 Å². The van der Waals surface area contributed by atoms with E-state index < -0.39 is 0 Å². The van der Waals surface area contributed by atoms with Crippen molar-refractivity contribution in [1.82, 2.24) is 9.55 Å². The highest BCUT2D eigenvalue weighted by Crippen LogP contribution is 2.33. The number of amides is 1. The predicted octanol–water partition coefficient (Wildman–Crippen LogP) is 4.22. The van der Waals surface area contributed by atoms with E-state index in [-0.39, 0.29) is 30.6 Å². The first-order chi connectivity index (χ1) is 17.0. The number of nitrogens with one attached hydrogen (secondary N) is 1. The number of carbonyl (C=O) groups excluding carboxylic acids is 1. The van der Waals surface area contributed by atoms with Crippen LogP contribution in [0.25, 0.3) is 10.9 Å². The van der Waals surface area contributed by atoms with Gasteiger partial charge in [0.05, 0.1) is 36.0 Å². The molecular weight excluding hydrogens is 466 g/mol. The number of carbonyl (C=O) groups is 1. The second-order valence-electron chi connectivity index (χ2n) is 8.03. The Bertz CT molecular complexity index is 1480. The van der Waals surface area contributed by atoms with E-state index >= 15 is 0 Å². The number of para-hydroxylation sites is 1. The minimum absolute atomic E-state index is 0.0724. The number of fused-ring (bicyclic) bond motifs is 2. The quantitative estimate of drug-likeness (QED) is 0.307. The zero-order chi connectivity index (χ0) is 24.4. The fourth-order valence-electron chi connectivity index (χ4n) is 3.86. The summed E-state index contributed by atoms with van der Waals surface area (Å²) in [5.41, 5.74) is 2.88. The van der Waals surface area contributed by atoms with Crippen LogP contribution in [0.2, 0.25) is 0 Å². The van der Waals surface area contributed by atoms with E-state index in [4.69, 9.17) is 19.2 Å². The average Bonchev–Trinajstić information content (AvgIpc) is 3.33. The first kappa shape index (κ1) is 22.8. The molecule has 0 aliphatic carbocycles. The van der Waals surface area contributed by atoms with E-state index in [1.807, 2.05) is 55.5 Å². The fraction of sp³-hybridized carbons (Fsp3) is 0.192. The van der Waals surface area contributed by atoms with E-state index in [0.29, 0.717) is 39.0 Å². The smallest absolute Gasteiger partial charge is 0.262 e. The number of hydrogen-bond donors (Lipinski definition) is 1. The van der Waals surface area contributed by atoms with E-state index in [2.05, 4.69) is 5.32 Å². The number of anilines is 1. The SMILES string of the molecule is COc1ccc(C)cc1NC(=O)CSc1nc2ccccc2c(=O)n1Cc1ccc2c(c1)OCO2. The van der Waals surface area contributed by atoms with Crippen molar-refractivity contribution in [1.29, 1.82) is 0 Å². The number of rotatable bonds is 7. The number of ether oxygens (including phenoxy) is 3. The summed E-state index contributed by atoms with van der Waals surface area (Å²) in [5, 5.41) is 3.87. The van der Waals surface area contributed by atoms with E-state index in [1.54, 1.807) is 23.8 Å². The monoisotopic (exact) mass is 489 g/mol. The van der Waals surface area contributed by atoms with Gasteiger partial charge in [-0.3, -0.25) is 14.2 Å². The Balaban J connectivity index is 1.42. The molecule has 4 aromatic rings. The van der Waals surface area contributed by atoms with Crippen LogP contribution < -0.4 is 25.1 Å². The van der Waals surface area contributed by atoms with Crippen molar-refractivity contribution in [3.8, 4) is 17.2 Å². The number of methoxy groups -OCH3 is 1. The van der Waals surface area contributed by atoms with Gasteiger partial charge in [-0.2, -0.15) is 0 Å². The molecular formula is C26H23N3O5S. The zero-order valence-electron chi connectivity index (χ0n) is 19.2. The third-order valence-corrected chi connectivity index (χ3v) is 6.54. The van der Waals surface area contributed by atoms with Crippen LogP contribution in [-0.2, 0) is 11.3 Å². The van der Waals surface area contributed by atoms with Crippen molar-refractivity contribution in [2.45, 2.75) is 18.6 Å². The molecule has 0 bridgehead atoms. The highest BCUT2D eigenvalue weighted by molar-refractivity contribution is 7.99. The van der Waals surface area contributed by atoms with Gasteiger partial charge < -0.3 is 19.5 Å². The highest BCUT2D eigenvalue weighted by atomic mass is 32.2. The molecule has 178 valence electrons. The zero-order valence-corrected chi connectivity index (χ0v) is 20.1. The maximum atomic E-state index is 13.4. The summed E-state index contributed by atoms with van der Waals surface area (Å²) in [5.74, 6) is 1.75. The topological polar surface area (TPSA) is 91.7 Å². The molecule has 0 radical (unpaired) electrons. The summed E-state index contributed by atoms with van der Waals surface area (Å²) in [4.78, 5) is 30.9. The molecule has 1 amide bonds. The number of hydrogen-bond acceptors (Lipinski definition) is 7. The third kappa shape index (κ3) is 4.81. The summed E-state index contributed by atoms with van der Waals surface area (Å²) in [6.45, 7) is 2.40. The van der Waals surface area contributed by atoms with Crippen LogP contribution in [0.5, 0.6) is 17.2 Å². The first-order valence-corrected chi connectivity index (χ1v) is 12.0. The Labute approximate surface area is 205 Å². The molecule has 0 fully saturated rings. The summed E-state index contributed by atoms with van der Waals surface area (Å²) in [6, 6.07) is 18.3. The summed E-state index contributed by atoms with van der Waals surface area (Å²) < 4.78 is 17.8. The van der Waals surface area contributed by atoms with Crippen molar-refractivity contribution in [2.75, 3.05) is 25.0 Å². The Hall–Kier alpha value is -3.98. The van der Waals surface area contributed by atoms with Gasteiger partial charge in [-0.25, -0.2) is 4.98 Å². The van der Waals surface area contributed by atoms with Gasteiger partial charge in [-0.15, -0.1) is 0 Å². The molecule has 1 aromatic heterocycles. The number of nitrogens with zero attached hydrogens (tertiary/aromatic N) is 2. The second-order valence-corrected chi connectivity index (χ2v) is 8.97. The van der Waals surface area contributed by atoms with Crippen LogP contribution in [0.1, 0.15) is 11.1 Å². The van der Waals surface area contributed by atoms with Crippen LogP contribution in [0.4, 0.5) is 5.69 Å². The lowest BCUT2D eigenvalue weighted by molar-refractivity contribution is -0.113. The van der Waals surface area contributed by atoms with Gasteiger partial charge in [0, 0.05) is 0 Å². The number of aryl methyl sites for hydroxylation is 1. The maximum absolute atomic E-state index is 13.4. The molecule has 1 aliphatic rings. The fourth-order valence-corrected chi connectivity index (χ4v) is 4.65. The third-order valence-electron chi connectivity index (χ3n) is 5.57. The Morgan fingerprint density at radius 3 is 2.80 bits per heavy atom. The van der Waals surface area contributed by atoms with Crippen LogP contribution in [0, 0.1) is 6.92 Å². The van der Waals surface area contributed by atoms with Gasteiger partial charge in [-0.1, -0.05) is 36.0 Å².